The predicted molar refractivity (Wildman–Crippen MR) is 99.2 cm³/mol. The summed E-state index contributed by atoms with van der Waals surface area (Å²) in [6.07, 6.45) is 4.06. The van der Waals surface area contributed by atoms with Crippen LogP contribution in [0.2, 0.25) is 5.02 Å². The summed E-state index contributed by atoms with van der Waals surface area (Å²) in [4.78, 5) is 26.1. The van der Waals surface area contributed by atoms with Crippen LogP contribution in [0.3, 0.4) is 0 Å². The van der Waals surface area contributed by atoms with E-state index in [1.54, 1.807) is 0 Å². The van der Waals surface area contributed by atoms with Crippen LogP contribution in [0.4, 0.5) is 4.79 Å². The Bertz CT molecular complexity index is 704. The number of likely N-dealkylation sites (tertiary alicyclic amines) is 1. The highest BCUT2D eigenvalue weighted by Gasteiger charge is 2.53. The lowest BCUT2D eigenvalue weighted by molar-refractivity contribution is -0.142. The number of hydrogen-bond donors (Lipinski definition) is 1. The topological polar surface area (TPSA) is 58.6 Å². The van der Waals surface area contributed by atoms with Gasteiger partial charge in [0.2, 0.25) is 5.91 Å². The second-order valence-corrected chi connectivity index (χ2v) is 8.49. The molecular formula is C20H25ClN2O3. The quantitative estimate of drug-likeness (QED) is 0.878. The minimum atomic E-state index is -0.357. The van der Waals surface area contributed by atoms with Crippen LogP contribution in [0.5, 0.6) is 0 Å². The highest BCUT2D eigenvalue weighted by Crippen LogP contribution is 2.43. The van der Waals surface area contributed by atoms with Crippen molar-refractivity contribution in [2.45, 2.75) is 50.0 Å². The Labute approximate surface area is 159 Å². The number of amides is 2. The van der Waals surface area contributed by atoms with Crippen LogP contribution in [0, 0.1) is 5.92 Å². The number of benzene rings is 1. The molecule has 0 aromatic heterocycles. The maximum atomic E-state index is 12.8. The van der Waals surface area contributed by atoms with Gasteiger partial charge in [0.15, 0.2) is 0 Å². The van der Waals surface area contributed by atoms with Gasteiger partial charge < -0.3 is 15.0 Å². The monoisotopic (exact) mass is 376 g/mol. The fourth-order valence-electron chi connectivity index (χ4n) is 4.83. The van der Waals surface area contributed by atoms with Crippen molar-refractivity contribution >= 4 is 23.6 Å². The Morgan fingerprint density at radius 1 is 1.27 bits per heavy atom. The molecule has 3 fully saturated rings. The lowest BCUT2D eigenvalue weighted by Crippen LogP contribution is -2.59. The smallest absolute Gasteiger partial charge is 0.407 e. The second-order valence-electron chi connectivity index (χ2n) is 8.05. The van der Waals surface area contributed by atoms with Crippen molar-refractivity contribution < 1.29 is 14.3 Å². The number of halogens is 1. The Balaban J connectivity index is 1.36. The van der Waals surface area contributed by atoms with Gasteiger partial charge in [0.1, 0.15) is 6.61 Å². The van der Waals surface area contributed by atoms with Gasteiger partial charge in [-0.25, -0.2) is 4.79 Å². The van der Waals surface area contributed by atoms with E-state index in [9.17, 15) is 9.59 Å². The van der Waals surface area contributed by atoms with Crippen LogP contribution in [-0.2, 0) is 14.9 Å². The molecule has 0 bridgehead atoms. The summed E-state index contributed by atoms with van der Waals surface area (Å²) in [7, 11) is 0. The Morgan fingerprint density at radius 3 is 2.46 bits per heavy atom. The van der Waals surface area contributed by atoms with Crippen LogP contribution in [0.15, 0.2) is 24.3 Å². The molecule has 1 saturated carbocycles. The summed E-state index contributed by atoms with van der Waals surface area (Å²) < 4.78 is 5.00. The average molecular weight is 377 g/mol. The van der Waals surface area contributed by atoms with Crippen LogP contribution in [-0.4, -0.2) is 42.1 Å². The standard InChI is InChI=1S/C20H25ClN2O3/c1-2-19(15-3-5-16(21)6-4-15)7-9-23(10-8-19)17(24)14-11-20(12-14)13-26-18(25)22-20/h3-6,14H,2,7-13H2,1H3,(H,22,25). The molecule has 4 rings (SSSR count). The molecular weight excluding hydrogens is 352 g/mol. The average Bonchev–Trinajstić information content (AvgIpc) is 3.03. The number of carbonyl (C=O) groups excluding carboxylic acids is 2. The van der Waals surface area contributed by atoms with Gasteiger partial charge >= 0.3 is 6.09 Å². The number of hydrogen-bond acceptors (Lipinski definition) is 3. The van der Waals surface area contributed by atoms with Crippen molar-refractivity contribution in [2.75, 3.05) is 19.7 Å². The fourth-order valence-corrected chi connectivity index (χ4v) is 4.96. The molecule has 2 heterocycles. The fraction of sp³-hybridized carbons (Fsp3) is 0.600. The maximum absolute atomic E-state index is 12.8. The van der Waals surface area contributed by atoms with Crippen LogP contribution >= 0.6 is 11.6 Å². The molecule has 26 heavy (non-hydrogen) atoms. The molecule has 1 aromatic carbocycles. The first-order chi connectivity index (χ1) is 12.5. The number of cyclic esters (lactones) is 1. The van der Waals surface area contributed by atoms with Crippen molar-refractivity contribution in [1.29, 1.82) is 0 Å². The second kappa shape index (κ2) is 6.45. The summed E-state index contributed by atoms with van der Waals surface area (Å²) in [5.74, 6) is 0.249. The zero-order valence-electron chi connectivity index (χ0n) is 15.1. The number of nitrogens with one attached hydrogen (secondary N) is 1. The first kappa shape index (κ1) is 17.7. The van der Waals surface area contributed by atoms with Gasteiger partial charge in [-0.2, -0.15) is 0 Å². The molecule has 2 saturated heterocycles. The number of nitrogens with zero attached hydrogens (tertiary/aromatic N) is 1. The lowest BCUT2D eigenvalue weighted by Gasteiger charge is -2.47. The van der Waals surface area contributed by atoms with Crippen molar-refractivity contribution in [1.82, 2.24) is 10.2 Å². The Kier molecular flexibility index (Phi) is 4.38. The van der Waals surface area contributed by atoms with E-state index in [4.69, 9.17) is 16.3 Å². The number of alkyl carbamates (subject to hydrolysis) is 1. The van der Waals surface area contributed by atoms with E-state index in [0.717, 1.165) is 37.4 Å². The highest BCUT2D eigenvalue weighted by atomic mass is 35.5. The largest absolute Gasteiger partial charge is 0.447 e. The van der Waals surface area contributed by atoms with E-state index < -0.39 is 0 Å². The first-order valence-corrected chi connectivity index (χ1v) is 9.83. The molecule has 2 amide bonds. The molecule has 6 heteroatoms. The van der Waals surface area contributed by atoms with E-state index >= 15 is 0 Å². The third-order valence-electron chi connectivity index (χ3n) is 6.64. The first-order valence-electron chi connectivity index (χ1n) is 9.45. The Hall–Kier alpha value is -1.75. The Morgan fingerprint density at radius 2 is 1.92 bits per heavy atom. The lowest BCUT2D eigenvalue weighted by atomic mass is 9.67. The van der Waals surface area contributed by atoms with E-state index in [1.807, 2.05) is 17.0 Å². The van der Waals surface area contributed by atoms with E-state index in [1.165, 1.54) is 5.56 Å². The molecule has 1 aliphatic carbocycles. The van der Waals surface area contributed by atoms with E-state index in [2.05, 4.69) is 24.4 Å². The molecule has 5 nitrogen and oxygen atoms in total. The SMILES string of the molecule is CCC1(c2ccc(Cl)cc2)CCN(C(=O)C2CC3(COC(=O)N3)C2)CC1. The summed E-state index contributed by atoms with van der Waals surface area (Å²) in [5.41, 5.74) is 1.17. The minimum Gasteiger partial charge on any atom is -0.447 e. The molecule has 140 valence electrons. The molecule has 1 N–H and O–H groups in total. The summed E-state index contributed by atoms with van der Waals surface area (Å²) in [6, 6.07) is 8.17. The highest BCUT2D eigenvalue weighted by molar-refractivity contribution is 6.30. The summed E-state index contributed by atoms with van der Waals surface area (Å²) >= 11 is 6.03. The molecule has 0 atom stereocenters. The van der Waals surface area contributed by atoms with Crippen molar-refractivity contribution in [3.63, 3.8) is 0 Å². The number of carbonyl (C=O) groups is 2. The van der Waals surface area contributed by atoms with Crippen LogP contribution < -0.4 is 5.32 Å². The van der Waals surface area contributed by atoms with Crippen LogP contribution in [0.25, 0.3) is 0 Å². The zero-order chi connectivity index (χ0) is 18.4. The predicted octanol–water partition coefficient (Wildman–Crippen LogP) is 3.50. The van der Waals surface area contributed by atoms with Gasteiger partial charge in [-0.1, -0.05) is 30.7 Å². The zero-order valence-corrected chi connectivity index (χ0v) is 15.8. The van der Waals surface area contributed by atoms with Crippen molar-refractivity contribution in [2.24, 2.45) is 5.92 Å². The third-order valence-corrected chi connectivity index (χ3v) is 6.89. The van der Waals surface area contributed by atoms with Gasteiger partial charge in [-0.15, -0.1) is 0 Å². The summed E-state index contributed by atoms with van der Waals surface area (Å²) in [5, 5.41) is 3.62. The van der Waals surface area contributed by atoms with Crippen molar-refractivity contribution in [3.05, 3.63) is 34.9 Å². The number of ether oxygens (including phenoxy) is 1. The van der Waals surface area contributed by atoms with E-state index in [-0.39, 0.29) is 28.9 Å². The molecule has 1 spiro atoms. The maximum Gasteiger partial charge on any atom is 0.407 e. The van der Waals surface area contributed by atoms with Crippen LogP contribution in [0.1, 0.15) is 44.6 Å². The third kappa shape index (κ3) is 2.96. The minimum absolute atomic E-state index is 0.0154. The van der Waals surface area contributed by atoms with Crippen molar-refractivity contribution in [3.8, 4) is 0 Å². The summed E-state index contributed by atoms with van der Waals surface area (Å²) in [6.45, 7) is 4.21. The molecule has 1 aromatic rings. The van der Waals surface area contributed by atoms with Gasteiger partial charge in [0, 0.05) is 24.0 Å². The van der Waals surface area contributed by atoms with Gasteiger partial charge in [0.25, 0.3) is 0 Å². The normalized spacial score (nSPS) is 29.8. The molecule has 0 radical (unpaired) electrons. The number of piperidine rings is 1. The van der Waals surface area contributed by atoms with Gasteiger partial charge in [0.05, 0.1) is 5.54 Å². The number of rotatable bonds is 3. The van der Waals surface area contributed by atoms with Gasteiger partial charge in [-0.3, -0.25) is 4.79 Å². The molecule has 2 aliphatic heterocycles. The van der Waals surface area contributed by atoms with Gasteiger partial charge in [-0.05, 0) is 55.2 Å². The molecule has 0 unspecified atom stereocenters. The molecule has 3 aliphatic rings. The van der Waals surface area contributed by atoms with E-state index in [0.29, 0.717) is 19.4 Å².